The number of unbranched alkanes of at least 4 members (excludes halogenated alkanes) is 13. The molecular weight excluding hydrogens is 423 g/mol. The summed E-state index contributed by atoms with van der Waals surface area (Å²) in [5.41, 5.74) is 0. The molecule has 2 atom stereocenters. The van der Waals surface area contributed by atoms with Gasteiger partial charge in [0.05, 0.1) is 16.2 Å². The third-order valence-corrected chi connectivity index (χ3v) is 7.26. The number of aliphatic hydroxyl groups excluding tert-OH is 1. The maximum atomic E-state index is 11.2. The molecule has 1 N–H and O–H groups in total. The minimum absolute atomic E-state index is 0. The summed E-state index contributed by atoms with van der Waals surface area (Å²) in [6.07, 6.45) is 21.8. The summed E-state index contributed by atoms with van der Waals surface area (Å²) in [6, 6.07) is 0. The van der Waals surface area contributed by atoms with Crippen LogP contribution < -0.4 is 51.4 Å². The van der Waals surface area contributed by atoms with Gasteiger partial charge in [-0.3, -0.25) is 0 Å². The molecule has 0 aromatic heterocycles. The average Bonchev–Trinajstić information content (AvgIpc) is 2.66. The van der Waals surface area contributed by atoms with Crippen molar-refractivity contribution in [1.29, 1.82) is 0 Å². The van der Waals surface area contributed by atoms with Crippen LogP contribution in [-0.4, -0.2) is 29.4 Å². The van der Waals surface area contributed by atoms with E-state index >= 15 is 0 Å². The molecule has 2 unspecified atom stereocenters. The van der Waals surface area contributed by atoms with E-state index in [9.17, 15) is 18.1 Å². The van der Waals surface area contributed by atoms with Gasteiger partial charge in [-0.25, -0.2) is 8.42 Å². The zero-order chi connectivity index (χ0) is 21.8. The predicted octanol–water partition coefficient (Wildman–Crippen LogP) is 4.11. The summed E-state index contributed by atoms with van der Waals surface area (Å²) in [5, 5.41) is 9.28. The number of hydrogen-bond donors (Lipinski definition) is 1. The standard InChI is InChI=1S/C24H50O4S.K/c1-3-5-6-7-8-9-10-11-12-13-14-15-16-17-20-23(25)21-18-22-24(19-4-2)29(26,27)28;/h23-25H,3-22H2,1-2H3,(H,26,27,28);/q;+1/p-1. The van der Waals surface area contributed by atoms with Crippen molar-refractivity contribution in [1.82, 2.24) is 0 Å². The van der Waals surface area contributed by atoms with Gasteiger partial charge < -0.3 is 9.66 Å². The largest absolute Gasteiger partial charge is 1.00 e. The third kappa shape index (κ3) is 22.7. The molecule has 0 fully saturated rings. The van der Waals surface area contributed by atoms with Crippen LogP contribution >= 0.6 is 0 Å². The van der Waals surface area contributed by atoms with Crippen LogP contribution in [0.2, 0.25) is 0 Å². The van der Waals surface area contributed by atoms with E-state index in [2.05, 4.69) is 6.92 Å². The van der Waals surface area contributed by atoms with Crippen LogP contribution in [0.15, 0.2) is 0 Å². The summed E-state index contributed by atoms with van der Waals surface area (Å²) in [6.45, 7) is 4.16. The first-order chi connectivity index (χ1) is 13.9. The van der Waals surface area contributed by atoms with Gasteiger partial charge in [-0.2, -0.15) is 0 Å². The molecule has 0 saturated heterocycles. The predicted molar refractivity (Wildman–Crippen MR) is 123 cm³/mol. The molecule has 4 nitrogen and oxygen atoms in total. The first-order valence-electron chi connectivity index (χ1n) is 12.5. The Morgan fingerprint density at radius 2 is 1.00 bits per heavy atom. The minimum Gasteiger partial charge on any atom is -0.748 e. The summed E-state index contributed by atoms with van der Waals surface area (Å²) in [4.78, 5) is 0. The van der Waals surface area contributed by atoms with Crippen molar-refractivity contribution in [3.05, 3.63) is 0 Å². The van der Waals surface area contributed by atoms with Crippen molar-refractivity contribution in [2.24, 2.45) is 0 Å². The van der Waals surface area contributed by atoms with Crippen molar-refractivity contribution in [2.45, 2.75) is 154 Å². The molecule has 0 aliphatic heterocycles. The fourth-order valence-electron chi connectivity index (χ4n) is 4.05. The zero-order valence-electron chi connectivity index (χ0n) is 20.4. The smallest absolute Gasteiger partial charge is 0.748 e. The van der Waals surface area contributed by atoms with E-state index in [1.807, 2.05) is 6.92 Å². The van der Waals surface area contributed by atoms with Gasteiger partial charge in [0.15, 0.2) is 0 Å². The molecule has 0 aromatic rings. The van der Waals surface area contributed by atoms with Crippen LogP contribution in [0.1, 0.15) is 142 Å². The second-order valence-corrected chi connectivity index (χ2v) is 10.5. The van der Waals surface area contributed by atoms with E-state index in [4.69, 9.17) is 0 Å². The molecule has 0 saturated carbocycles. The summed E-state index contributed by atoms with van der Waals surface area (Å²) in [5.74, 6) is 0. The van der Waals surface area contributed by atoms with Gasteiger partial charge in [-0.1, -0.05) is 110 Å². The topological polar surface area (TPSA) is 77.4 Å². The molecule has 0 aromatic carbocycles. The third-order valence-electron chi connectivity index (χ3n) is 5.97. The van der Waals surface area contributed by atoms with Crippen molar-refractivity contribution in [2.75, 3.05) is 0 Å². The molecular formula is C24H49KO4S. The molecule has 176 valence electrons. The summed E-state index contributed by atoms with van der Waals surface area (Å²) in [7, 11) is -4.20. The van der Waals surface area contributed by atoms with Crippen LogP contribution in [0.3, 0.4) is 0 Å². The van der Waals surface area contributed by atoms with Crippen molar-refractivity contribution < 1.29 is 69.5 Å². The van der Waals surface area contributed by atoms with Crippen molar-refractivity contribution >= 4 is 10.1 Å². The van der Waals surface area contributed by atoms with Crippen LogP contribution in [0.4, 0.5) is 0 Å². The summed E-state index contributed by atoms with van der Waals surface area (Å²) < 4.78 is 33.6. The Balaban J connectivity index is 0. The van der Waals surface area contributed by atoms with Gasteiger partial charge in [0.25, 0.3) is 0 Å². The van der Waals surface area contributed by atoms with Crippen molar-refractivity contribution in [3.63, 3.8) is 0 Å². The van der Waals surface area contributed by atoms with Crippen LogP contribution in [0.5, 0.6) is 0 Å². The Kier molecular flexibility index (Phi) is 26.6. The maximum absolute atomic E-state index is 11.2. The van der Waals surface area contributed by atoms with E-state index in [0.29, 0.717) is 32.1 Å². The Bertz CT molecular complexity index is 442. The Morgan fingerprint density at radius 1 is 0.600 bits per heavy atom. The zero-order valence-corrected chi connectivity index (χ0v) is 24.3. The van der Waals surface area contributed by atoms with Gasteiger partial charge in [-0.05, 0) is 32.1 Å². The van der Waals surface area contributed by atoms with E-state index in [0.717, 1.165) is 12.8 Å². The van der Waals surface area contributed by atoms with E-state index in [-0.39, 0.29) is 57.5 Å². The fraction of sp³-hybridized carbons (Fsp3) is 1.00. The second kappa shape index (κ2) is 23.7. The maximum Gasteiger partial charge on any atom is 1.00 e. The van der Waals surface area contributed by atoms with Crippen LogP contribution in [-0.2, 0) is 10.1 Å². The molecule has 0 heterocycles. The van der Waals surface area contributed by atoms with Crippen LogP contribution in [0.25, 0.3) is 0 Å². The normalized spacial score (nSPS) is 13.7. The van der Waals surface area contributed by atoms with Gasteiger partial charge in [-0.15, -0.1) is 0 Å². The second-order valence-electron chi connectivity index (χ2n) is 8.87. The van der Waals surface area contributed by atoms with E-state index < -0.39 is 15.4 Å². The van der Waals surface area contributed by atoms with Gasteiger partial charge in [0, 0.05) is 5.25 Å². The molecule has 30 heavy (non-hydrogen) atoms. The first-order valence-corrected chi connectivity index (χ1v) is 14.0. The first kappa shape index (κ1) is 33.7. The molecule has 0 spiro atoms. The fourth-order valence-corrected chi connectivity index (χ4v) is 5.03. The SMILES string of the molecule is CCCCCCCCCCCCCCCCC(O)CCCC(CCC)S(=O)(=O)[O-].[K+]. The Labute approximate surface area is 230 Å². The average molecular weight is 473 g/mol. The number of aliphatic hydroxyl groups is 1. The van der Waals surface area contributed by atoms with E-state index in [1.54, 1.807) is 0 Å². The Hall–Kier alpha value is 1.51. The molecule has 0 aliphatic rings. The number of rotatable bonds is 22. The summed E-state index contributed by atoms with van der Waals surface area (Å²) >= 11 is 0. The molecule has 0 rings (SSSR count). The van der Waals surface area contributed by atoms with Gasteiger partial charge in [0.1, 0.15) is 0 Å². The van der Waals surface area contributed by atoms with Crippen LogP contribution in [0, 0.1) is 0 Å². The molecule has 0 bridgehead atoms. The van der Waals surface area contributed by atoms with E-state index in [1.165, 1.54) is 83.5 Å². The quantitative estimate of drug-likeness (QED) is 0.146. The molecule has 6 heteroatoms. The van der Waals surface area contributed by atoms with Gasteiger partial charge >= 0.3 is 51.4 Å². The number of hydrogen-bond acceptors (Lipinski definition) is 4. The molecule has 0 amide bonds. The van der Waals surface area contributed by atoms with Crippen molar-refractivity contribution in [3.8, 4) is 0 Å². The van der Waals surface area contributed by atoms with Gasteiger partial charge in [0.2, 0.25) is 0 Å². The molecule has 0 radical (unpaired) electrons. The Morgan fingerprint density at radius 3 is 1.40 bits per heavy atom. The molecule has 0 aliphatic carbocycles. The monoisotopic (exact) mass is 472 g/mol. The minimum atomic E-state index is -4.20.